The van der Waals surface area contributed by atoms with Gasteiger partial charge in [-0.25, -0.2) is 0 Å². The van der Waals surface area contributed by atoms with E-state index in [-0.39, 0.29) is 17.6 Å². The maximum absolute atomic E-state index is 11.6. The van der Waals surface area contributed by atoms with Crippen LogP contribution in [0.4, 0.5) is 0 Å². The van der Waals surface area contributed by atoms with E-state index in [1.165, 1.54) is 24.2 Å². The maximum atomic E-state index is 11.6. The fourth-order valence-electron chi connectivity index (χ4n) is 1.89. The topological polar surface area (TPSA) is 88.9 Å². The lowest BCUT2D eigenvalue weighted by Crippen LogP contribution is -2.41. The summed E-state index contributed by atoms with van der Waals surface area (Å²) in [5.74, 6) is -0.503. The van der Waals surface area contributed by atoms with Gasteiger partial charge in [0.25, 0.3) is 0 Å². The van der Waals surface area contributed by atoms with Gasteiger partial charge in [-0.1, -0.05) is 29.5 Å². The van der Waals surface area contributed by atoms with Crippen molar-refractivity contribution in [2.45, 2.75) is 25.9 Å². The SMILES string of the molecule is CC(=O)NNC(=O)CSc1nncn1-c1ccc(C)cc1C. The minimum Gasteiger partial charge on any atom is -0.276 e. The van der Waals surface area contributed by atoms with E-state index in [9.17, 15) is 9.59 Å². The van der Waals surface area contributed by atoms with Gasteiger partial charge in [0.05, 0.1) is 11.4 Å². The first kappa shape index (κ1) is 16.0. The summed E-state index contributed by atoms with van der Waals surface area (Å²) < 4.78 is 1.84. The van der Waals surface area contributed by atoms with Crippen LogP contribution in [0.5, 0.6) is 0 Å². The van der Waals surface area contributed by atoms with Gasteiger partial charge in [-0.2, -0.15) is 0 Å². The maximum Gasteiger partial charge on any atom is 0.248 e. The number of benzene rings is 1. The lowest BCUT2D eigenvalue weighted by Gasteiger charge is -2.10. The molecule has 0 saturated carbocycles. The van der Waals surface area contributed by atoms with Crippen LogP contribution in [0.25, 0.3) is 5.69 Å². The molecule has 116 valence electrons. The standard InChI is InChI=1S/C14H17N5O2S/c1-9-4-5-12(10(2)6-9)19-8-15-18-14(19)22-7-13(21)17-16-11(3)20/h4-6,8H,7H2,1-3H3,(H,16,20)(H,17,21). The highest BCUT2D eigenvalue weighted by atomic mass is 32.2. The van der Waals surface area contributed by atoms with Gasteiger partial charge in [-0.05, 0) is 25.5 Å². The highest BCUT2D eigenvalue weighted by Crippen LogP contribution is 2.22. The zero-order valence-corrected chi connectivity index (χ0v) is 13.4. The Hall–Kier alpha value is -2.35. The van der Waals surface area contributed by atoms with Crippen LogP contribution in [-0.4, -0.2) is 32.3 Å². The molecule has 0 atom stereocenters. The Bertz CT molecular complexity index is 698. The van der Waals surface area contributed by atoms with Gasteiger partial charge in [0.15, 0.2) is 5.16 Å². The molecule has 0 fully saturated rings. The predicted octanol–water partition coefficient (Wildman–Crippen LogP) is 1.14. The van der Waals surface area contributed by atoms with Gasteiger partial charge >= 0.3 is 0 Å². The molecule has 2 rings (SSSR count). The fourth-order valence-corrected chi connectivity index (χ4v) is 2.61. The summed E-state index contributed by atoms with van der Waals surface area (Å²) in [7, 11) is 0. The zero-order valence-electron chi connectivity index (χ0n) is 12.6. The molecule has 0 aliphatic carbocycles. The van der Waals surface area contributed by atoms with Gasteiger partial charge < -0.3 is 0 Å². The van der Waals surface area contributed by atoms with Crippen molar-refractivity contribution in [3.8, 4) is 5.69 Å². The van der Waals surface area contributed by atoms with Gasteiger partial charge in [-0.15, -0.1) is 10.2 Å². The Balaban J connectivity index is 2.07. The van der Waals surface area contributed by atoms with E-state index >= 15 is 0 Å². The molecule has 2 aromatic rings. The largest absolute Gasteiger partial charge is 0.276 e. The Morgan fingerprint density at radius 2 is 2.05 bits per heavy atom. The van der Waals surface area contributed by atoms with Crippen LogP contribution < -0.4 is 10.9 Å². The van der Waals surface area contributed by atoms with Gasteiger partial charge in [0, 0.05) is 6.92 Å². The summed E-state index contributed by atoms with van der Waals surface area (Å²) in [5.41, 5.74) is 7.80. The number of rotatable bonds is 4. The monoisotopic (exact) mass is 319 g/mol. The molecule has 1 aromatic carbocycles. The molecule has 2 N–H and O–H groups in total. The number of carbonyl (C=O) groups excluding carboxylic acids is 2. The summed E-state index contributed by atoms with van der Waals surface area (Å²) >= 11 is 1.25. The van der Waals surface area contributed by atoms with E-state index in [0.29, 0.717) is 5.16 Å². The van der Waals surface area contributed by atoms with Crippen molar-refractivity contribution in [2.24, 2.45) is 0 Å². The highest BCUT2D eigenvalue weighted by molar-refractivity contribution is 7.99. The van der Waals surface area contributed by atoms with Crippen LogP contribution in [0.15, 0.2) is 29.7 Å². The average molecular weight is 319 g/mol. The van der Waals surface area contributed by atoms with Gasteiger partial charge in [-0.3, -0.25) is 25.0 Å². The van der Waals surface area contributed by atoms with E-state index in [0.717, 1.165) is 11.3 Å². The summed E-state index contributed by atoms with van der Waals surface area (Å²) in [5, 5.41) is 8.55. The van der Waals surface area contributed by atoms with Crippen molar-refractivity contribution < 1.29 is 9.59 Å². The minimum absolute atomic E-state index is 0.129. The van der Waals surface area contributed by atoms with Crippen molar-refractivity contribution in [3.05, 3.63) is 35.7 Å². The average Bonchev–Trinajstić information content (AvgIpc) is 2.91. The molecule has 0 spiro atoms. The van der Waals surface area contributed by atoms with Crippen LogP contribution in [0.2, 0.25) is 0 Å². The van der Waals surface area contributed by atoms with Gasteiger partial charge in [0.1, 0.15) is 6.33 Å². The molecule has 22 heavy (non-hydrogen) atoms. The second kappa shape index (κ2) is 7.08. The number of carbonyl (C=O) groups is 2. The van der Waals surface area contributed by atoms with E-state index < -0.39 is 0 Å². The number of hydrazine groups is 1. The first-order chi connectivity index (χ1) is 10.5. The fraction of sp³-hybridized carbons (Fsp3) is 0.286. The third-order valence-corrected chi connectivity index (χ3v) is 3.78. The molecule has 0 aliphatic heterocycles. The first-order valence-corrected chi connectivity index (χ1v) is 7.62. The molecule has 1 aromatic heterocycles. The van der Waals surface area contributed by atoms with E-state index in [4.69, 9.17) is 0 Å². The molecule has 1 heterocycles. The van der Waals surface area contributed by atoms with E-state index in [2.05, 4.69) is 27.1 Å². The van der Waals surface area contributed by atoms with Crippen molar-refractivity contribution >= 4 is 23.6 Å². The molecule has 7 nitrogen and oxygen atoms in total. The quantitative estimate of drug-likeness (QED) is 0.652. The number of nitrogens with zero attached hydrogens (tertiary/aromatic N) is 3. The molecular weight excluding hydrogens is 302 g/mol. The number of aryl methyl sites for hydroxylation is 2. The van der Waals surface area contributed by atoms with Crippen LogP contribution >= 0.6 is 11.8 Å². The number of hydrogen-bond donors (Lipinski definition) is 2. The van der Waals surface area contributed by atoms with Crippen molar-refractivity contribution in [3.63, 3.8) is 0 Å². The first-order valence-electron chi connectivity index (χ1n) is 6.63. The van der Waals surface area contributed by atoms with E-state index in [1.54, 1.807) is 6.33 Å². The molecule has 0 aliphatic rings. The summed E-state index contributed by atoms with van der Waals surface area (Å²) in [4.78, 5) is 22.3. The molecular formula is C14H17N5O2S. The normalized spacial score (nSPS) is 10.3. The Labute approximate surface area is 132 Å². The second-order valence-corrected chi connectivity index (χ2v) is 5.73. The van der Waals surface area contributed by atoms with E-state index in [1.807, 2.05) is 30.5 Å². The van der Waals surface area contributed by atoms with Crippen molar-refractivity contribution in [1.82, 2.24) is 25.6 Å². The summed E-state index contributed by atoms with van der Waals surface area (Å²) in [6.45, 7) is 5.37. The second-order valence-electron chi connectivity index (χ2n) is 4.79. The van der Waals surface area contributed by atoms with Crippen molar-refractivity contribution in [2.75, 3.05) is 5.75 Å². The summed E-state index contributed by atoms with van der Waals surface area (Å²) in [6.07, 6.45) is 1.62. The molecule has 0 bridgehead atoms. The number of nitrogens with one attached hydrogen (secondary N) is 2. The van der Waals surface area contributed by atoms with Crippen molar-refractivity contribution in [1.29, 1.82) is 0 Å². The molecule has 2 amide bonds. The Kier molecular flexibility index (Phi) is 5.16. The molecule has 8 heteroatoms. The summed E-state index contributed by atoms with van der Waals surface area (Å²) in [6, 6.07) is 6.09. The lowest BCUT2D eigenvalue weighted by molar-refractivity contribution is -0.126. The van der Waals surface area contributed by atoms with Crippen LogP contribution in [-0.2, 0) is 9.59 Å². The Morgan fingerprint density at radius 3 is 2.73 bits per heavy atom. The third kappa shape index (κ3) is 4.08. The number of amides is 2. The van der Waals surface area contributed by atoms with Crippen LogP contribution in [0.3, 0.4) is 0 Å². The molecule has 0 radical (unpaired) electrons. The van der Waals surface area contributed by atoms with Crippen LogP contribution in [0, 0.1) is 13.8 Å². The van der Waals surface area contributed by atoms with Gasteiger partial charge in [0.2, 0.25) is 11.8 Å². The lowest BCUT2D eigenvalue weighted by atomic mass is 10.1. The van der Waals surface area contributed by atoms with Crippen LogP contribution in [0.1, 0.15) is 18.1 Å². The predicted molar refractivity (Wildman–Crippen MR) is 83.5 cm³/mol. The molecule has 0 saturated heterocycles. The smallest absolute Gasteiger partial charge is 0.248 e. The highest BCUT2D eigenvalue weighted by Gasteiger charge is 2.11. The Morgan fingerprint density at radius 1 is 1.27 bits per heavy atom. The zero-order chi connectivity index (χ0) is 16.1. The minimum atomic E-state index is -0.322. The molecule has 0 unspecified atom stereocenters. The number of hydrogen-bond acceptors (Lipinski definition) is 5. The third-order valence-electron chi connectivity index (χ3n) is 2.84. The number of aromatic nitrogens is 3. The number of thioether (sulfide) groups is 1.